The Bertz CT molecular complexity index is 74.0. The molecule has 2 atom stereocenters. The molecule has 3 heteroatoms. The van der Waals surface area contributed by atoms with Crippen molar-refractivity contribution in [1.29, 1.82) is 0 Å². The molecule has 0 aliphatic carbocycles. The summed E-state index contributed by atoms with van der Waals surface area (Å²) in [6, 6.07) is -0.225. The van der Waals surface area contributed by atoms with E-state index in [9.17, 15) is 0 Å². The monoisotopic (exact) mass is 142 g/mol. The normalized spacial score (nSPS) is 16.7. The van der Waals surface area contributed by atoms with Gasteiger partial charge in [-0.1, -0.05) is 13.8 Å². The molecule has 1 N–H and O–H groups in total. The predicted octanol–water partition coefficient (Wildman–Crippen LogP) is 0.678. The number of hydrogen-bond donors (Lipinski definition) is 1. The number of ether oxygens (including phenoxy) is 1. The van der Waals surface area contributed by atoms with Crippen LogP contribution in [-0.4, -0.2) is 31.7 Å². The van der Waals surface area contributed by atoms with Gasteiger partial charge in [-0.15, -0.1) is 0 Å². The van der Waals surface area contributed by atoms with E-state index in [4.69, 9.17) is 17.7 Å². The van der Waals surface area contributed by atoms with Gasteiger partial charge in [-0.25, -0.2) is 0 Å². The summed E-state index contributed by atoms with van der Waals surface area (Å²) in [6.07, 6.45) is 1.51. The Hall–Kier alpha value is -0.0151. The highest BCUT2D eigenvalue weighted by Gasteiger charge is 2.07. The third kappa shape index (κ3) is 3.91. The molecular formula is C7H15BO2. The van der Waals surface area contributed by atoms with Crippen LogP contribution >= 0.6 is 0 Å². The second-order valence-corrected chi connectivity index (χ2v) is 2.30. The molecule has 0 aliphatic rings. The highest BCUT2D eigenvalue weighted by Crippen LogP contribution is 2.01. The van der Waals surface area contributed by atoms with Crippen LogP contribution in [0.25, 0.3) is 0 Å². The van der Waals surface area contributed by atoms with Gasteiger partial charge in [0.15, 0.2) is 0 Å². The third-order valence-corrected chi connectivity index (χ3v) is 1.43. The van der Waals surface area contributed by atoms with E-state index < -0.39 is 0 Å². The minimum Gasteiger partial charge on any atom is -0.394 e. The maximum atomic E-state index is 8.69. The lowest BCUT2D eigenvalue weighted by atomic mass is 9.97. The molecule has 0 aromatic heterocycles. The van der Waals surface area contributed by atoms with E-state index in [0.29, 0.717) is 0 Å². The average Bonchev–Trinajstić information content (AvgIpc) is 1.99. The van der Waals surface area contributed by atoms with E-state index >= 15 is 0 Å². The summed E-state index contributed by atoms with van der Waals surface area (Å²) in [6.45, 7) is 3.97. The van der Waals surface area contributed by atoms with Gasteiger partial charge in [-0.05, 0) is 12.8 Å². The maximum Gasteiger partial charge on any atom is 0.108 e. The molecule has 0 saturated heterocycles. The van der Waals surface area contributed by atoms with Crippen LogP contribution in [0.2, 0.25) is 0 Å². The van der Waals surface area contributed by atoms with Crippen LogP contribution < -0.4 is 0 Å². The minimum atomic E-state index is -0.225. The SMILES string of the molecule is [B]C(CC)OC(CC)CO. The van der Waals surface area contributed by atoms with Crippen LogP contribution in [-0.2, 0) is 4.74 Å². The van der Waals surface area contributed by atoms with Crippen molar-refractivity contribution in [3.05, 3.63) is 0 Å². The fourth-order valence-electron chi connectivity index (χ4n) is 0.612. The molecule has 0 bridgehead atoms. The lowest BCUT2D eigenvalue weighted by Crippen LogP contribution is -2.24. The van der Waals surface area contributed by atoms with Crippen LogP contribution in [0.15, 0.2) is 0 Å². The molecule has 0 amide bonds. The van der Waals surface area contributed by atoms with E-state index in [1.807, 2.05) is 13.8 Å². The minimum absolute atomic E-state index is 0.0597. The summed E-state index contributed by atoms with van der Waals surface area (Å²) in [5.74, 6) is 0. The van der Waals surface area contributed by atoms with Crippen molar-refractivity contribution >= 4 is 7.85 Å². The molecule has 2 nitrogen and oxygen atoms in total. The summed E-state index contributed by atoms with van der Waals surface area (Å²) in [7, 11) is 5.49. The van der Waals surface area contributed by atoms with Gasteiger partial charge in [0.05, 0.1) is 12.7 Å². The maximum absolute atomic E-state index is 8.69. The van der Waals surface area contributed by atoms with Crippen molar-refractivity contribution in [3.63, 3.8) is 0 Å². The first kappa shape index (κ1) is 9.98. The van der Waals surface area contributed by atoms with Crippen LogP contribution in [0.1, 0.15) is 26.7 Å². The number of aliphatic hydroxyl groups is 1. The van der Waals surface area contributed by atoms with E-state index in [0.717, 1.165) is 12.8 Å². The van der Waals surface area contributed by atoms with E-state index in [1.165, 1.54) is 0 Å². The number of aliphatic hydroxyl groups excluding tert-OH is 1. The van der Waals surface area contributed by atoms with Gasteiger partial charge in [0, 0.05) is 6.00 Å². The Labute approximate surface area is 64.0 Å². The standard InChI is InChI=1S/C7H15BO2/c1-3-6(5-9)10-7(8)4-2/h6-7,9H,3-5H2,1-2H3. The van der Waals surface area contributed by atoms with Crippen molar-refractivity contribution in [3.8, 4) is 0 Å². The van der Waals surface area contributed by atoms with E-state index in [2.05, 4.69) is 0 Å². The molecule has 0 aromatic rings. The fraction of sp³-hybridized carbons (Fsp3) is 1.00. The van der Waals surface area contributed by atoms with Crippen molar-refractivity contribution < 1.29 is 9.84 Å². The van der Waals surface area contributed by atoms with Gasteiger partial charge in [-0.3, -0.25) is 0 Å². The quantitative estimate of drug-likeness (QED) is 0.572. The predicted molar refractivity (Wildman–Crippen MR) is 42.1 cm³/mol. The highest BCUT2D eigenvalue weighted by atomic mass is 16.5. The zero-order valence-electron chi connectivity index (χ0n) is 6.71. The summed E-state index contributed by atoms with van der Waals surface area (Å²) < 4.78 is 5.23. The van der Waals surface area contributed by atoms with Crippen LogP contribution in [0.4, 0.5) is 0 Å². The molecule has 0 spiro atoms. The van der Waals surface area contributed by atoms with Crippen LogP contribution in [0.5, 0.6) is 0 Å². The Morgan fingerprint density at radius 3 is 2.30 bits per heavy atom. The molecule has 0 rings (SSSR count). The molecule has 0 aromatic carbocycles. The number of hydrogen-bond acceptors (Lipinski definition) is 2. The lowest BCUT2D eigenvalue weighted by molar-refractivity contribution is -0.00753. The molecule has 0 aliphatic heterocycles. The molecule has 0 saturated carbocycles. The van der Waals surface area contributed by atoms with E-state index in [-0.39, 0.29) is 18.7 Å². The first-order valence-corrected chi connectivity index (χ1v) is 3.76. The molecule has 10 heavy (non-hydrogen) atoms. The molecule has 2 radical (unpaired) electrons. The summed E-state index contributed by atoms with van der Waals surface area (Å²) in [5.41, 5.74) is 0. The van der Waals surface area contributed by atoms with Gasteiger partial charge < -0.3 is 9.84 Å². The first-order valence-electron chi connectivity index (χ1n) is 3.76. The fourth-order valence-corrected chi connectivity index (χ4v) is 0.612. The largest absolute Gasteiger partial charge is 0.394 e. The molecule has 58 valence electrons. The Morgan fingerprint density at radius 1 is 1.40 bits per heavy atom. The molecule has 0 heterocycles. The molecular weight excluding hydrogens is 127 g/mol. The Kier molecular flexibility index (Phi) is 5.74. The highest BCUT2D eigenvalue weighted by molar-refractivity contribution is 6.10. The second-order valence-electron chi connectivity index (χ2n) is 2.30. The van der Waals surface area contributed by atoms with Crippen molar-refractivity contribution in [2.24, 2.45) is 0 Å². The summed E-state index contributed by atoms with van der Waals surface area (Å²) in [5, 5.41) is 8.69. The van der Waals surface area contributed by atoms with E-state index in [1.54, 1.807) is 0 Å². The smallest absolute Gasteiger partial charge is 0.108 e. The van der Waals surface area contributed by atoms with Gasteiger partial charge >= 0.3 is 0 Å². The lowest BCUT2D eigenvalue weighted by Gasteiger charge is -2.18. The Balaban J connectivity index is 3.41. The zero-order chi connectivity index (χ0) is 7.98. The van der Waals surface area contributed by atoms with Gasteiger partial charge in [0.25, 0.3) is 0 Å². The number of rotatable bonds is 5. The van der Waals surface area contributed by atoms with Crippen LogP contribution in [0.3, 0.4) is 0 Å². The van der Waals surface area contributed by atoms with Gasteiger partial charge in [0.2, 0.25) is 0 Å². The third-order valence-electron chi connectivity index (χ3n) is 1.43. The Morgan fingerprint density at radius 2 is 2.00 bits per heavy atom. The first-order chi connectivity index (χ1) is 4.74. The summed E-state index contributed by atoms with van der Waals surface area (Å²) in [4.78, 5) is 0. The van der Waals surface area contributed by atoms with Gasteiger partial charge in [0.1, 0.15) is 7.85 Å². The van der Waals surface area contributed by atoms with Crippen molar-refractivity contribution in [2.45, 2.75) is 38.8 Å². The van der Waals surface area contributed by atoms with Crippen molar-refractivity contribution in [2.75, 3.05) is 6.61 Å². The zero-order valence-corrected chi connectivity index (χ0v) is 6.71. The topological polar surface area (TPSA) is 29.5 Å². The van der Waals surface area contributed by atoms with Crippen molar-refractivity contribution in [1.82, 2.24) is 0 Å². The van der Waals surface area contributed by atoms with Gasteiger partial charge in [-0.2, -0.15) is 0 Å². The average molecular weight is 142 g/mol. The molecule has 2 unspecified atom stereocenters. The summed E-state index contributed by atoms with van der Waals surface area (Å²) >= 11 is 0. The second kappa shape index (κ2) is 5.75. The molecule has 0 fully saturated rings. The van der Waals surface area contributed by atoms with Crippen LogP contribution in [0, 0.1) is 0 Å².